The number of imide groups is 1. The van der Waals surface area contributed by atoms with Crippen molar-refractivity contribution in [3.05, 3.63) is 0 Å². The molecule has 0 radical (unpaired) electrons. The standard InChI is InChI=1S/C14H25NO3S/c1-3-4-5-6-7-8-9-10-14(18)19-11-13(17)15-12(2)16/h3-11H2,1-2H3,(H,15,16,17). The van der Waals surface area contributed by atoms with Crippen molar-refractivity contribution in [3.8, 4) is 0 Å². The fourth-order valence-corrected chi connectivity index (χ4v) is 2.33. The van der Waals surface area contributed by atoms with Crippen LogP contribution in [0.5, 0.6) is 0 Å². The van der Waals surface area contributed by atoms with Crippen LogP contribution in [0.3, 0.4) is 0 Å². The van der Waals surface area contributed by atoms with Crippen molar-refractivity contribution >= 4 is 28.7 Å². The van der Waals surface area contributed by atoms with Crippen LogP contribution in [-0.4, -0.2) is 22.7 Å². The molecule has 0 saturated heterocycles. The summed E-state index contributed by atoms with van der Waals surface area (Å²) in [5, 5.41) is 2.18. The van der Waals surface area contributed by atoms with E-state index in [1.165, 1.54) is 39.0 Å². The molecule has 4 nitrogen and oxygen atoms in total. The lowest BCUT2D eigenvalue weighted by atomic mass is 10.1. The Morgan fingerprint density at radius 1 is 0.947 bits per heavy atom. The minimum atomic E-state index is -0.398. The highest BCUT2D eigenvalue weighted by Gasteiger charge is 2.08. The van der Waals surface area contributed by atoms with Gasteiger partial charge in [-0.3, -0.25) is 19.7 Å². The molecule has 0 saturated carbocycles. The van der Waals surface area contributed by atoms with Crippen LogP contribution in [0.15, 0.2) is 0 Å². The number of carbonyl (C=O) groups is 3. The molecule has 0 rings (SSSR count). The molecule has 0 aromatic carbocycles. The third-order valence-corrected chi connectivity index (χ3v) is 3.60. The SMILES string of the molecule is CCCCCCCCCC(=O)SCC(=O)NC(C)=O. The molecule has 0 aromatic heterocycles. The molecule has 0 aliphatic heterocycles. The lowest BCUT2D eigenvalue weighted by molar-refractivity contribution is -0.127. The maximum Gasteiger partial charge on any atom is 0.237 e. The second kappa shape index (κ2) is 12.2. The molecule has 0 aromatic rings. The zero-order valence-electron chi connectivity index (χ0n) is 12.0. The largest absolute Gasteiger partial charge is 0.296 e. The lowest BCUT2D eigenvalue weighted by Gasteiger charge is -2.02. The molecule has 0 bridgehead atoms. The predicted octanol–water partition coefficient (Wildman–Crippen LogP) is 3.05. The number of amides is 2. The summed E-state index contributed by atoms with van der Waals surface area (Å²) >= 11 is 0.995. The first kappa shape index (κ1) is 18.2. The molecule has 5 heteroatoms. The molecule has 110 valence electrons. The van der Waals surface area contributed by atoms with Gasteiger partial charge in [0, 0.05) is 13.3 Å². The number of nitrogens with one attached hydrogen (secondary N) is 1. The summed E-state index contributed by atoms with van der Waals surface area (Å²) < 4.78 is 0. The molecule has 0 fully saturated rings. The summed E-state index contributed by atoms with van der Waals surface area (Å²) in [4.78, 5) is 33.2. The summed E-state index contributed by atoms with van der Waals surface area (Å²) in [7, 11) is 0. The predicted molar refractivity (Wildman–Crippen MR) is 78.9 cm³/mol. The number of carbonyl (C=O) groups excluding carboxylic acids is 3. The van der Waals surface area contributed by atoms with Gasteiger partial charge in [-0.15, -0.1) is 0 Å². The summed E-state index contributed by atoms with van der Waals surface area (Å²) in [6.45, 7) is 3.47. The second-order valence-corrected chi connectivity index (χ2v) is 5.67. The zero-order valence-corrected chi connectivity index (χ0v) is 12.8. The highest BCUT2D eigenvalue weighted by molar-refractivity contribution is 8.14. The molecule has 0 heterocycles. The van der Waals surface area contributed by atoms with Crippen molar-refractivity contribution in [3.63, 3.8) is 0 Å². The first-order chi connectivity index (χ1) is 9.06. The Labute approximate surface area is 120 Å². The Kier molecular flexibility index (Phi) is 11.7. The van der Waals surface area contributed by atoms with E-state index >= 15 is 0 Å². The Hall–Kier alpha value is -0.840. The van der Waals surface area contributed by atoms with E-state index in [4.69, 9.17) is 0 Å². The molecular formula is C14H25NO3S. The quantitative estimate of drug-likeness (QED) is 0.627. The molecule has 19 heavy (non-hydrogen) atoms. The van der Waals surface area contributed by atoms with Crippen LogP contribution in [0.4, 0.5) is 0 Å². The Morgan fingerprint density at radius 2 is 1.53 bits per heavy atom. The van der Waals surface area contributed by atoms with Crippen molar-refractivity contribution in [2.75, 3.05) is 5.75 Å². The molecule has 2 amide bonds. The number of thioether (sulfide) groups is 1. The van der Waals surface area contributed by atoms with E-state index in [1.54, 1.807) is 0 Å². The summed E-state index contributed by atoms with van der Waals surface area (Å²) in [6, 6.07) is 0. The van der Waals surface area contributed by atoms with Crippen molar-refractivity contribution in [2.45, 2.75) is 65.2 Å². The van der Waals surface area contributed by atoms with Gasteiger partial charge in [-0.2, -0.15) is 0 Å². The molecule has 0 aliphatic carbocycles. The van der Waals surface area contributed by atoms with Gasteiger partial charge in [0.15, 0.2) is 5.12 Å². The van der Waals surface area contributed by atoms with E-state index in [0.717, 1.165) is 24.6 Å². The number of hydrogen-bond acceptors (Lipinski definition) is 4. The Balaban J connectivity index is 3.39. The molecule has 0 atom stereocenters. The minimum Gasteiger partial charge on any atom is -0.296 e. The van der Waals surface area contributed by atoms with Crippen molar-refractivity contribution in [1.82, 2.24) is 5.32 Å². The van der Waals surface area contributed by atoms with Crippen LogP contribution in [0.2, 0.25) is 0 Å². The topological polar surface area (TPSA) is 63.2 Å². The van der Waals surface area contributed by atoms with Gasteiger partial charge in [-0.25, -0.2) is 0 Å². The van der Waals surface area contributed by atoms with Gasteiger partial charge in [0.25, 0.3) is 0 Å². The van der Waals surface area contributed by atoms with Gasteiger partial charge in [0.05, 0.1) is 5.75 Å². The van der Waals surface area contributed by atoms with E-state index in [-0.39, 0.29) is 16.8 Å². The maximum absolute atomic E-state index is 11.5. The van der Waals surface area contributed by atoms with Crippen LogP contribution in [-0.2, 0) is 14.4 Å². The van der Waals surface area contributed by atoms with Crippen molar-refractivity contribution in [2.24, 2.45) is 0 Å². The van der Waals surface area contributed by atoms with Crippen LogP contribution >= 0.6 is 11.8 Å². The average Bonchev–Trinajstić information content (AvgIpc) is 2.34. The van der Waals surface area contributed by atoms with Gasteiger partial charge in [-0.05, 0) is 6.42 Å². The van der Waals surface area contributed by atoms with E-state index < -0.39 is 5.91 Å². The number of rotatable bonds is 10. The summed E-state index contributed by atoms with van der Waals surface area (Å²) in [6.07, 6.45) is 8.74. The molecular weight excluding hydrogens is 262 g/mol. The summed E-state index contributed by atoms with van der Waals surface area (Å²) in [5.41, 5.74) is 0. The minimum absolute atomic E-state index is 0.0345. The van der Waals surface area contributed by atoms with Crippen molar-refractivity contribution in [1.29, 1.82) is 0 Å². The van der Waals surface area contributed by atoms with Crippen LogP contribution in [0.1, 0.15) is 65.2 Å². The highest BCUT2D eigenvalue weighted by atomic mass is 32.2. The Bertz CT molecular complexity index is 292. The van der Waals surface area contributed by atoms with Crippen LogP contribution in [0.25, 0.3) is 0 Å². The van der Waals surface area contributed by atoms with E-state index in [1.807, 2.05) is 0 Å². The molecule has 0 unspecified atom stereocenters. The highest BCUT2D eigenvalue weighted by Crippen LogP contribution is 2.12. The summed E-state index contributed by atoms with van der Waals surface area (Å²) in [5.74, 6) is -0.745. The van der Waals surface area contributed by atoms with Gasteiger partial charge in [0.2, 0.25) is 11.8 Å². The van der Waals surface area contributed by atoms with Gasteiger partial charge in [0.1, 0.15) is 0 Å². The molecule has 1 N–H and O–H groups in total. The number of unbranched alkanes of at least 4 members (excludes halogenated alkanes) is 6. The molecule has 0 spiro atoms. The van der Waals surface area contributed by atoms with Crippen LogP contribution < -0.4 is 5.32 Å². The Morgan fingerprint density at radius 3 is 2.11 bits per heavy atom. The van der Waals surface area contributed by atoms with Crippen LogP contribution in [0, 0.1) is 0 Å². The molecule has 0 aliphatic rings. The number of hydrogen-bond donors (Lipinski definition) is 1. The van der Waals surface area contributed by atoms with Crippen molar-refractivity contribution < 1.29 is 14.4 Å². The third kappa shape index (κ3) is 13.4. The van der Waals surface area contributed by atoms with E-state index in [9.17, 15) is 14.4 Å². The fraction of sp³-hybridized carbons (Fsp3) is 0.786. The van der Waals surface area contributed by atoms with Gasteiger partial charge >= 0.3 is 0 Å². The third-order valence-electron chi connectivity index (χ3n) is 2.66. The van der Waals surface area contributed by atoms with E-state index in [2.05, 4.69) is 12.2 Å². The maximum atomic E-state index is 11.5. The second-order valence-electron chi connectivity index (χ2n) is 4.64. The monoisotopic (exact) mass is 287 g/mol. The zero-order chi connectivity index (χ0) is 14.5. The lowest BCUT2D eigenvalue weighted by Crippen LogP contribution is -2.29. The first-order valence-electron chi connectivity index (χ1n) is 7.02. The average molecular weight is 287 g/mol. The van der Waals surface area contributed by atoms with E-state index in [0.29, 0.717) is 6.42 Å². The smallest absolute Gasteiger partial charge is 0.237 e. The van der Waals surface area contributed by atoms with Gasteiger partial charge in [-0.1, -0.05) is 57.2 Å². The van der Waals surface area contributed by atoms with Gasteiger partial charge < -0.3 is 0 Å². The fourth-order valence-electron chi connectivity index (χ4n) is 1.68. The normalized spacial score (nSPS) is 10.2. The first-order valence-corrected chi connectivity index (χ1v) is 8.00.